The van der Waals surface area contributed by atoms with E-state index in [4.69, 9.17) is 14.6 Å². The Balaban J connectivity index is 0.00000312. The van der Waals surface area contributed by atoms with Crippen molar-refractivity contribution in [2.45, 2.75) is 19.3 Å². The van der Waals surface area contributed by atoms with Gasteiger partial charge in [0.15, 0.2) is 0 Å². The quantitative estimate of drug-likeness (QED) is 0.383. The van der Waals surface area contributed by atoms with Gasteiger partial charge in [0.2, 0.25) is 6.43 Å². The first kappa shape index (κ1) is 21.6. The molecule has 136 valence electrons. The molecular weight excluding hydrogens is 498 g/mol. The number of halogens is 2. The third-order valence-electron chi connectivity index (χ3n) is 3.36. The summed E-state index contributed by atoms with van der Waals surface area (Å²) in [6.45, 7) is 0.398. The SMILES string of the molecule is OC[CH-]COc1ccc(Cc2ccc(OCCC(F)F)cc2)cc1.[W]. The fraction of sp³-hybridized carbons (Fsp3) is 0.316. The number of hydrogen-bond acceptors (Lipinski definition) is 3. The maximum absolute atomic E-state index is 12.1. The fourth-order valence-electron chi connectivity index (χ4n) is 2.12. The standard InChI is InChI=1S/C19H21F2O3.W/c20-19(21)10-13-24-18-8-4-16(5-9-18)14-15-2-6-17(7-3-15)23-12-1-11-22;/h1-9,19,22H,10-14H2;/q-1;. The molecule has 0 bridgehead atoms. The molecule has 2 aromatic carbocycles. The van der Waals surface area contributed by atoms with E-state index in [1.807, 2.05) is 36.4 Å². The smallest absolute Gasteiger partial charge is 0.241 e. The minimum Gasteiger partial charge on any atom is -0.525 e. The maximum atomic E-state index is 12.1. The van der Waals surface area contributed by atoms with E-state index in [1.165, 1.54) is 0 Å². The van der Waals surface area contributed by atoms with Crippen LogP contribution < -0.4 is 9.47 Å². The van der Waals surface area contributed by atoms with E-state index in [2.05, 4.69) is 0 Å². The van der Waals surface area contributed by atoms with E-state index >= 15 is 0 Å². The second-order valence-corrected chi connectivity index (χ2v) is 5.28. The van der Waals surface area contributed by atoms with E-state index < -0.39 is 6.43 Å². The molecular formula is C19H21F2O3W-. The maximum Gasteiger partial charge on any atom is 0.241 e. The van der Waals surface area contributed by atoms with Crippen LogP contribution in [0, 0.1) is 6.42 Å². The van der Waals surface area contributed by atoms with Crippen LogP contribution in [0.25, 0.3) is 0 Å². The summed E-state index contributed by atoms with van der Waals surface area (Å²) in [5, 5.41) is 8.67. The molecule has 0 saturated heterocycles. The largest absolute Gasteiger partial charge is 0.525 e. The number of aliphatic hydroxyl groups is 1. The van der Waals surface area contributed by atoms with Crippen molar-refractivity contribution >= 4 is 0 Å². The normalized spacial score (nSPS) is 10.4. The summed E-state index contributed by atoms with van der Waals surface area (Å²) in [7, 11) is 0. The van der Waals surface area contributed by atoms with Crippen LogP contribution in [0.2, 0.25) is 0 Å². The van der Waals surface area contributed by atoms with Gasteiger partial charge in [-0.2, -0.15) is 0 Å². The van der Waals surface area contributed by atoms with Gasteiger partial charge in [-0.05, 0) is 48.4 Å². The van der Waals surface area contributed by atoms with Crippen molar-refractivity contribution in [1.82, 2.24) is 0 Å². The molecule has 0 aromatic heterocycles. The van der Waals surface area contributed by atoms with Crippen LogP contribution in [0.5, 0.6) is 11.5 Å². The summed E-state index contributed by atoms with van der Waals surface area (Å²) < 4.78 is 34.8. The molecule has 3 nitrogen and oxygen atoms in total. The predicted molar refractivity (Wildman–Crippen MR) is 88.7 cm³/mol. The Bertz CT molecular complexity index is 589. The molecule has 0 saturated carbocycles. The van der Waals surface area contributed by atoms with Gasteiger partial charge in [-0.15, -0.1) is 0 Å². The average molecular weight is 519 g/mol. The molecule has 0 radical (unpaired) electrons. The van der Waals surface area contributed by atoms with Gasteiger partial charge in [0.1, 0.15) is 11.5 Å². The summed E-state index contributed by atoms with van der Waals surface area (Å²) in [5.41, 5.74) is 2.25. The van der Waals surface area contributed by atoms with Crippen molar-refractivity contribution in [2.75, 3.05) is 19.8 Å². The van der Waals surface area contributed by atoms with Crippen molar-refractivity contribution in [2.24, 2.45) is 0 Å². The molecule has 0 atom stereocenters. The van der Waals surface area contributed by atoms with Crippen molar-refractivity contribution in [3.8, 4) is 11.5 Å². The van der Waals surface area contributed by atoms with Crippen LogP contribution in [-0.4, -0.2) is 31.4 Å². The van der Waals surface area contributed by atoms with Gasteiger partial charge in [-0.3, -0.25) is 6.42 Å². The molecule has 0 fully saturated rings. The summed E-state index contributed by atoms with van der Waals surface area (Å²) in [5.74, 6) is 1.36. The molecule has 0 aliphatic rings. The molecule has 2 aromatic rings. The molecule has 0 heterocycles. The monoisotopic (exact) mass is 519 g/mol. The third-order valence-corrected chi connectivity index (χ3v) is 3.36. The zero-order chi connectivity index (χ0) is 17.2. The van der Waals surface area contributed by atoms with Gasteiger partial charge in [-0.1, -0.05) is 30.9 Å². The Kier molecular flexibility index (Phi) is 10.4. The van der Waals surface area contributed by atoms with E-state index in [-0.39, 0.29) is 40.7 Å². The van der Waals surface area contributed by atoms with Gasteiger partial charge < -0.3 is 14.6 Å². The molecule has 0 aliphatic heterocycles. The van der Waals surface area contributed by atoms with Crippen molar-refractivity contribution in [3.05, 3.63) is 66.1 Å². The Hall–Kier alpha value is -1.45. The minimum atomic E-state index is -2.34. The molecule has 0 aliphatic carbocycles. The van der Waals surface area contributed by atoms with Gasteiger partial charge >= 0.3 is 0 Å². The Morgan fingerprint density at radius 3 is 1.88 bits per heavy atom. The molecule has 0 amide bonds. The van der Waals surface area contributed by atoms with Crippen LogP contribution in [0.3, 0.4) is 0 Å². The van der Waals surface area contributed by atoms with E-state index in [0.717, 1.165) is 23.3 Å². The van der Waals surface area contributed by atoms with Crippen LogP contribution >= 0.6 is 0 Å². The number of aliphatic hydroxyl groups excluding tert-OH is 1. The van der Waals surface area contributed by atoms with E-state index in [1.54, 1.807) is 18.6 Å². The predicted octanol–water partition coefficient (Wildman–Crippen LogP) is 3.88. The first-order chi connectivity index (χ1) is 11.7. The number of ether oxygens (including phenoxy) is 2. The Labute approximate surface area is 161 Å². The summed E-state index contributed by atoms with van der Waals surface area (Å²) in [4.78, 5) is 0. The number of alkyl halides is 2. The third kappa shape index (κ3) is 8.46. The van der Waals surface area contributed by atoms with Gasteiger partial charge in [-0.25, -0.2) is 8.78 Å². The number of rotatable bonds is 10. The van der Waals surface area contributed by atoms with E-state index in [0.29, 0.717) is 12.4 Å². The zero-order valence-electron chi connectivity index (χ0n) is 13.7. The first-order valence-electron chi connectivity index (χ1n) is 7.81. The average Bonchev–Trinajstić information content (AvgIpc) is 2.58. The van der Waals surface area contributed by atoms with Crippen LogP contribution in [0.15, 0.2) is 48.5 Å². The van der Waals surface area contributed by atoms with E-state index in [9.17, 15) is 8.78 Å². The van der Waals surface area contributed by atoms with Gasteiger partial charge in [0.05, 0.1) is 6.61 Å². The summed E-state index contributed by atoms with van der Waals surface area (Å²) in [6, 6.07) is 15.2. The molecule has 6 heteroatoms. The topological polar surface area (TPSA) is 38.7 Å². The molecule has 0 unspecified atom stereocenters. The minimum absolute atomic E-state index is 0. The van der Waals surface area contributed by atoms with Crippen molar-refractivity contribution in [3.63, 3.8) is 0 Å². The Morgan fingerprint density at radius 1 is 0.880 bits per heavy atom. The van der Waals surface area contributed by atoms with Crippen LogP contribution in [0.1, 0.15) is 17.5 Å². The van der Waals surface area contributed by atoms with Crippen LogP contribution in [-0.2, 0) is 27.5 Å². The van der Waals surface area contributed by atoms with Crippen LogP contribution in [0.4, 0.5) is 8.78 Å². The summed E-state index contributed by atoms with van der Waals surface area (Å²) >= 11 is 0. The first-order valence-corrected chi connectivity index (χ1v) is 7.81. The number of benzene rings is 2. The molecule has 2 rings (SSSR count). The van der Waals surface area contributed by atoms with Crippen molar-refractivity contribution < 1.29 is 44.4 Å². The number of hydrogen-bond donors (Lipinski definition) is 1. The van der Waals surface area contributed by atoms with Gasteiger partial charge in [0, 0.05) is 27.5 Å². The van der Waals surface area contributed by atoms with Crippen molar-refractivity contribution in [1.29, 1.82) is 0 Å². The molecule has 25 heavy (non-hydrogen) atoms. The zero-order valence-corrected chi connectivity index (χ0v) is 16.7. The summed E-state index contributed by atoms with van der Waals surface area (Å²) in [6.07, 6.45) is -0.191. The molecule has 1 N–H and O–H groups in total. The Morgan fingerprint density at radius 2 is 1.40 bits per heavy atom. The fourth-order valence-corrected chi connectivity index (χ4v) is 2.12. The second kappa shape index (κ2) is 12.0. The molecule has 0 spiro atoms. The van der Waals surface area contributed by atoms with Gasteiger partial charge in [0.25, 0.3) is 0 Å². The second-order valence-electron chi connectivity index (χ2n) is 5.28.